The zero-order chi connectivity index (χ0) is 23.7. The number of carboxylic acids is 1. The van der Waals surface area contributed by atoms with Crippen molar-refractivity contribution in [1.82, 2.24) is 0 Å². The molecule has 22 heteroatoms. The van der Waals surface area contributed by atoms with E-state index in [0.717, 1.165) is 0 Å². The van der Waals surface area contributed by atoms with Crippen LogP contribution >= 0.6 is 0 Å². The SMILES string of the molecule is O=CC1OC(COS(=O)(=O)[O-])C(OC2OC(C(=O)[O-])C(O)C(O)C2OS(=O)(=O)[O-])C1O.[Na+].[Na+].[Na+]. The van der Waals surface area contributed by atoms with Gasteiger partial charge in [-0.2, -0.15) is 0 Å². The van der Waals surface area contributed by atoms with Gasteiger partial charge in [-0.05, 0) is 0 Å². The molecule has 9 atom stereocenters. The molecule has 17 nitrogen and oxygen atoms in total. The van der Waals surface area contributed by atoms with E-state index in [0.29, 0.717) is 0 Å². The van der Waals surface area contributed by atoms with E-state index in [-0.39, 0.29) is 95.0 Å². The molecule has 0 aromatic heterocycles. The first-order valence-electron chi connectivity index (χ1n) is 8.05. The fraction of sp³-hybridized carbons (Fsp3) is 0.833. The van der Waals surface area contributed by atoms with Crippen LogP contribution in [0.5, 0.6) is 0 Å². The minimum absolute atomic E-state index is 0. The fourth-order valence-corrected chi connectivity index (χ4v) is 3.64. The molecule has 0 aromatic rings. The summed E-state index contributed by atoms with van der Waals surface area (Å²) in [5, 5.41) is 40.9. The summed E-state index contributed by atoms with van der Waals surface area (Å²) in [6.45, 7) is -1.12. The number of rotatable bonds is 9. The molecular weight excluding hydrogens is 549 g/mol. The van der Waals surface area contributed by atoms with Gasteiger partial charge >= 0.3 is 88.7 Å². The zero-order valence-electron chi connectivity index (χ0n) is 17.9. The number of carbonyl (C=O) groups is 2. The van der Waals surface area contributed by atoms with Crippen LogP contribution in [0.4, 0.5) is 0 Å². The van der Waals surface area contributed by atoms with Gasteiger partial charge in [0.05, 0.1) is 12.6 Å². The van der Waals surface area contributed by atoms with Gasteiger partial charge in [-0.1, -0.05) is 0 Å². The molecule has 2 fully saturated rings. The third kappa shape index (κ3) is 10.4. The second-order valence-corrected chi connectivity index (χ2v) is 8.31. The van der Waals surface area contributed by atoms with E-state index in [1.54, 1.807) is 0 Å². The maximum absolute atomic E-state index is 11.1. The molecule has 0 radical (unpaired) electrons. The van der Waals surface area contributed by atoms with Gasteiger partial charge in [0, 0.05) is 0 Å². The van der Waals surface area contributed by atoms with Crippen molar-refractivity contribution in [2.24, 2.45) is 0 Å². The summed E-state index contributed by atoms with van der Waals surface area (Å²) in [6.07, 6.45) is -19.0. The number of aliphatic carboxylic acids is 1. The van der Waals surface area contributed by atoms with Crippen LogP contribution in [-0.4, -0.2) is 115 Å². The summed E-state index contributed by atoms with van der Waals surface area (Å²) >= 11 is 0. The Balaban J connectivity index is 0. The van der Waals surface area contributed by atoms with Crippen molar-refractivity contribution in [3.8, 4) is 0 Å². The molecule has 9 unspecified atom stereocenters. The van der Waals surface area contributed by atoms with Gasteiger partial charge in [-0.25, -0.2) is 16.8 Å². The molecule has 2 aliphatic heterocycles. The first-order valence-corrected chi connectivity index (χ1v) is 10.7. The number of carbonyl (C=O) groups excluding carboxylic acids is 2. The quantitative estimate of drug-likeness (QED) is 0.101. The first kappa shape index (κ1) is 37.8. The fourth-order valence-electron chi connectivity index (χ4n) is 2.87. The average Bonchev–Trinajstić information content (AvgIpc) is 2.92. The van der Waals surface area contributed by atoms with Crippen molar-refractivity contribution < 1.29 is 167 Å². The largest absolute Gasteiger partial charge is 1.00 e. The van der Waals surface area contributed by atoms with Gasteiger partial charge in [-0.3, -0.25) is 8.37 Å². The summed E-state index contributed by atoms with van der Waals surface area (Å²) in [4.78, 5) is 22.1. The Morgan fingerprint density at radius 2 is 1.47 bits per heavy atom. The van der Waals surface area contributed by atoms with Gasteiger partial charge in [0.25, 0.3) is 0 Å². The van der Waals surface area contributed by atoms with E-state index in [4.69, 9.17) is 14.2 Å². The molecule has 180 valence electrons. The van der Waals surface area contributed by atoms with Gasteiger partial charge in [0.15, 0.2) is 18.7 Å². The summed E-state index contributed by atoms with van der Waals surface area (Å²) in [5.41, 5.74) is 0. The minimum atomic E-state index is -5.60. The van der Waals surface area contributed by atoms with Crippen LogP contribution in [0.2, 0.25) is 0 Å². The van der Waals surface area contributed by atoms with Crippen molar-refractivity contribution in [1.29, 1.82) is 0 Å². The summed E-state index contributed by atoms with van der Waals surface area (Å²) in [5.74, 6) is -2.10. The van der Waals surface area contributed by atoms with E-state index in [1.807, 2.05) is 0 Å². The number of ether oxygens (including phenoxy) is 3. The maximum atomic E-state index is 11.1. The zero-order valence-corrected chi connectivity index (χ0v) is 25.5. The van der Waals surface area contributed by atoms with Crippen molar-refractivity contribution in [2.45, 2.75) is 55.1 Å². The molecule has 0 aromatic carbocycles. The summed E-state index contributed by atoms with van der Waals surface area (Å²) in [7, 11) is -10.9. The van der Waals surface area contributed by atoms with Gasteiger partial charge in [-0.15, -0.1) is 0 Å². The number of aliphatic hydroxyl groups is 3. The molecule has 2 aliphatic rings. The Kier molecular flexibility index (Phi) is 17.0. The van der Waals surface area contributed by atoms with Crippen LogP contribution in [0, 0.1) is 0 Å². The average molecular weight is 564 g/mol. The van der Waals surface area contributed by atoms with Crippen molar-refractivity contribution >= 4 is 33.1 Å². The Bertz CT molecular complexity index is 884. The summed E-state index contributed by atoms with van der Waals surface area (Å²) < 4.78 is 87.5. The van der Waals surface area contributed by atoms with Gasteiger partial charge in [0.1, 0.15) is 42.7 Å². The molecule has 3 N–H and O–H groups in total. The monoisotopic (exact) mass is 564 g/mol. The number of hydrogen-bond acceptors (Lipinski definition) is 17. The Morgan fingerprint density at radius 3 is 1.91 bits per heavy atom. The Morgan fingerprint density at radius 1 is 0.912 bits per heavy atom. The van der Waals surface area contributed by atoms with Crippen LogP contribution in [-0.2, 0) is 53.0 Å². The van der Waals surface area contributed by atoms with Gasteiger partial charge in [0.2, 0.25) is 20.8 Å². The Hall–Kier alpha value is 1.64. The van der Waals surface area contributed by atoms with Crippen LogP contribution in [0.25, 0.3) is 0 Å². The van der Waals surface area contributed by atoms with Crippen molar-refractivity contribution in [3.63, 3.8) is 0 Å². The molecular formula is C12H15Na3O17S2. The molecule has 0 saturated carbocycles. The number of aliphatic hydroxyl groups excluding tert-OH is 3. The van der Waals surface area contributed by atoms with E-state index in [1.165, 1.54) is 0 Å². The maximum Gasteiger partial charge on any atom is 1.00 e. The van der Waals surface area contributed by atoms with E-state index < -0.39 is 88.5 Å². The number of aldehydes is 1. The molecule has 0 aliphatic carbocycles. The van der Waals surface area contributed by atoms with Crippen molar-refractivity contribution in [2.75, 3.05) is 6.61 Å². The van der Waals surface area contributed by atoms with Crippen LogP contribution in [0.15, 0.2) is 0 Å². The van der Waals surface area contributed by atoms with Gasteiger partial charge < -0.3 is 53.3 Å². The van der Waals surface area contributed by atoms with E-state index in [2.05, 4.69) is 8.37 Å². The molecule has 2 rings (SSSR count). The van der Waals surface area contributed by atoms with Crippen LogP contribution < -0.4 is 93.8 Å². The molecule has 2 heterocycles. The predicted molar refractivity (Wildman–Crippen MR) is 81.5 cm³/mol. The molecule has 0 spiro atoms. The van der Waals surface area contributed by atoms with Crippen molar-refractivity contribution in [3.05, 3.63) is 0 Å². The molecule has 2 saturated heterocycles. The molecule has 0 amide bonds. The molecule has 34 heavy (non-hydrogen) atoms. The third-order valence-electron chi connectivity index (χ3n) is 4.18. The number of carboxylic acid groups (broad SMARTS) is 1. The normalized spacial score (nSPS) is 35.9. The minimum Gasteiger partial charge on any atom is -0.726 e. The Labute approximate surface area is 259 Å². The third-order valence-corrected chi connectivity index (χ3v) is 5.06. The first-order chi connectivity index (χ1) is 14.1. The second-order valence-electron chi connectivity index (χ2n) is 6.25. The molecule has 0 bridgehead atoms. The topological polar surface area (TPSA) is 278 Å². The predicted octanol–water partition coefficient (Wildman–Crippen LogP) is -15.8. The van der Waals surface area contributed by atoms with Crippen LogP contribution in [0.3, 0.4) is 0 Å². The second kappa shape index (κ2) is 15.3. The smallest absolute Gasteiger partial charge is 0.726 e. The standard InChI is InChI=1S/C12H18O17S2.3Na/c13-1-3-5(14)8(4(26-3)2-25-30(19,20)21)27-12-10(29-31(22,23)24)7(16)6(15)9(28-12)11(17)18;;;/h1,3-10,12,14-16H,2H2,(H,17,18)(H,19,20,21)(H,22,23,24);;;/q;3*+1/p-3. The van der Waals surface area contributed by atoms with Crippen LogP contribution in [0.1, 0.15) is 0 Å². The van der Waals surface area contributed by atoms with E-state index in [9.17, 15) is 56.0 Å². The van der Waals surface area contributed by atoms with E-state index >= 15 is 0 Å². The summed E-state index contributed by atoms with van der Waals surface area (Å²) in [6, 6.07) is 0. The number of hydrogen-bond donors (Lipinski definition) is 3.